The van der Waals surface area contributed by atoms with Crippen LogP contribution in [0, 0.1) is 0 Å². The maximum Gasteiger partial charge on any atom is -0.00602 e. The molecule has 0 atom stereocenters. The molecule has 0 saturated heterocycles. The largest absolute Gasteiger partial charge is 0.0998 e. The first kappa shape index (κ1) is 11.0. The minimum atomic E-state index is 0.946. The summed E-state index contributed by atoms with van der Waals surface area (Å²) in [5.74, 6) is 0. The highest BCUT2D eigenvalue weighted by molar-refractivity contribution is 6.02. The zero-order valence-corrected chi connectivity index (χ0v) is 10.6. The van der Waals surface area contributed by atoms with Gasteiger partial charge in [0.25, 0.3) is 0 Å². The van der Waals surface area contributed by atoms with E-state index in [2.05, 4.69) is 68.1 Å². The minimum Gasteiger partial charge on any atom is -0.0998 e. The molecule has 0 aliphatic rings. The van der Waals surface area contributed by atoms with Gasteiger partial charge in [-0.1, -0.05) is 60.7 Å². The van der Waals surface area contributed by atoms with Crippen molar-refractivity contribution in [3.8, 4) is 0 Å². The number of fused-ring (bicyclic) bond motifs is 2. The summed E-state index contributed by atoms with van der Waals surface area (Å²) in [4.78, 5) is 0. The van der Waals surface area contributed by atoms with E-state index in [1.165, 1.54) is 32.7 Å². The lowest BCUT2D eigenvalue weighted by Gasteiger charge is -2.11. The van der Waals surface area contributed by atoms with E-state index in [0.29, 0.717) is 0 Å². The lowest BCUT2D eigenvalue weighted by molar-refractivity contribution is 1.19. The molecule has 0 nitrogen and oxygen atoms in total. The van der Waals surface area contributed by atoms with Crippen molar-refractivity contribution in [3.05, 3.63) is 72.3 Å². The smallest absolute Gasteiger partial charge is 0.00602 e. The third-order valence-electron chi connectivity index (χ3n) is 3.36. The van der Waals surface area contributed by atoms with E-state index in [4.69, 9.17) is 0 Å². The van der Waals surface area contributed by atoms with E-state index in [-0.39, 0.29) is 0 Å². The van der Waals surface area contributed by atoms with Crippen molar-refractivity contribution in [2.24, 2.45) is 0 Å². The van der Waals surface area contributed by atoms with Gasteiger partial charge < -0.3 is 0 Å². The summed E-state index contributed by atoms with van der Waals surface area (Å²) < 4.78 is 0. The minimum absolute atomic E-state index is 0.946. The van der Waals surface area contributed by atoms with Crippen LogP contribution in [0.2, 0.25) is 0 Å². The van der Waals surface area contributed by atoms with Crippen molar-refractivity contribution in [2.75, 3.05) is 0 Å². The molecule has 0 unspecified atom stereocenters. The molecule has 0 N–H and O–H groups in total. The van der Waals surface area contributed by atoms with Crippen molar-refractivity contribution in [3.63, 3.8) is 0 Å². The average molecular weight is 232 g/mol. The zero-order valence-electron chi connectivity index (χ0n) is 10.6. The van der Waals surface area contributed by atoms with Crippen LogP contribution < -0.4 is 0 Å². The molecule has 0 spiro atoms. The van der Waals surface area contributed by atoms with E-state index in [0.717, 1.165) is 6.42 Å². The molecule has 0 aliphatic carbocycles. The predicted octanol–water partition coefficient (Wildman–Crippen LogP) is 5.11. The Morgan fingerprint density at radius 3 is 1.89 bits per heavy atom. The summed E-state index contributed by atoms with van der Waals surface area (Å²) in [6, 6.07) is 19.5. The molecule has 18 heavy (non-hydrogen) atoms. The predicted molar refractivity (Wildman–Crippen MR) is 80.0 cm³/mol. The molecule has 0 saturated carbocycles. The Hall–Kier alpha value is -2.08. The first-order valence-electron chi connectivity index (χ1n) is 6.29. The van der Waals surface area contributed by atoms with Crippen molar-refractivity contribution in [2.45, 2.75) is 13.3 Å². The summed E-state index contributed by atoms with van der Waals surface area (Å²) >= 11 is 0. The molecule has 0 radical (unpaired) electrons. The second-order valence-corrected chi connectivity index (χ2v) is 4.93. The standard InChI is InChI=1S/C18H16/c1-13(2)11-18-16-9-5-3-7-14(16)12-15-8-4-6-10-17(15)18/h3-10,12H,1,11H2,2H3. The molecule has 0 heterocycles. The van der Waals surface area contributed by atoms with Gasteiger partial charge in [0.15, 0.2) is 0 Å². The van der Waals surface area contributed by atoms with Crippen LogP contribution in [0.3, 0.4) is 0 Å². The molecule has 3 aromatic carbocycles. The van der Waals surface area contributed by atoms with Crippen LogP contribution in [0.5, 0.6) is 0 Å². The highest BCUT2D eigenvalue weighted by Crippen LogP contribution is 2.29. The molecule has 88 valence electrons. The molecule has 0 aromatic heterocycles. The van der Waals surface area contributed by atoms with Gasteiger partial charge in [0.2, 0.25) is 0 Å². The summed E-state index contributed by atoms with van der Waals surface area (Å²) in [5.41, 5.74) is 2.60. The van der Waals surface area contributed by atoms with Crippen LogP contribution in [0.1, 0.15) is 12.5 Å². The number of benzene rings is 3. The molecule has 3 aromatic rings. The maximum absolute atomic E-state index is 4.06. The number of allylic oxidation sites excluding steroid dienone is 1. The lowest BCUT2D eigenvalue weighted by Crippen LogP contribution is -1.90. The SMILES string of the molecule is C=C(C)Cc1c2ccccc2cc2ccccc12. The quantitative estimate of drug-likeness (QED) is 0.425. The van der Waals surface area contributed by atoms with Crippen molar-refractivity contribution >= 4 is 21.5 Å². The molecule has 0 fully saturated rings. The third-order valence-corrected chi connectivity index (χ3v) is 3.36. The van der Waals surface area contributed by atoms with Gasteiger partial charge in [-0.05, 0) is 46.5 Å². The Bertz CT molecular complexity index is 681. The maximum atomic E-state index is 4.06. The van der Waals surface area contributed by atoms with Crippen molar-refractivity contribution in [1.82, 2.24) is 0 Å². The van der Waals surface area contributed by atoms with Crippen LogP contribution in [-0.2, 0) is 6.42 Å². The molecular weight excluding hydrogens is 216 g/mol. The fourth-order valence-electron chi connectivity index (χ4n) is 2.60. The Kier molecular flexibility index (Phi) is 2.64. The highest BCUT2D eigenvalue weighted by atomic mass is 14.1. The van der Waals surface area contributed by atoms with Crippen LogP contribution in [0.15, 0.2) is 66.7 Å². The summed E-state index contributed by atoms with van der Waals surface area (Å²) in [6.45, 7) is 6.16. The molecule has 0 bridgehead atoms. The van der Waals surface area contributed by atoms with E-state index in [9.17, 15) is 0 Å². The van der Waals surface area contributed by atoms with Gasteiger partial charge >= 0.3 is 0 Å². The van der Waals surface area contributed by atoms with E-state index >= 15 is 0 Å². The van der Waals surface area contributed by atoms with Gasteiger partial charge in [0, 0.05) is 0 Å². The topological polar surface area (TPSA) is 0 Å². The van der Waals surface area contributed by atoms with Gasteiger partial charge in [-0.3, -0.25) is 0 Å². The number of hydrogen-bond acceptors (Lipinski definition) is 0. The number of hydrogen-bond donors (Lipinski definition) is 0. The summed E-state index contributed by atoms with van der Waals surface area (Å²) in [5, 5.41) is 5.32. The van der Waals surface area contributed by atoms with Crippen LogP contribution in [0.4, 0.5) is 0 Å². The Labute approximate surface area is 108 Å². The van der Waals surface area contributed by atoms with Gasteiger partial charge in [-0.25, -0.2) is 0 Å². The average Bonchev–Trinajstić information content (AvgIpc) is 2.38. The van der Waals surface area contributed by atoms with Crippen molar-refractivity contribution in [1.29, 1.82) is 0 Å². The molecule has 0 amide bonds. The fraction of sp³-hybridized carbons (Fsp3) is 0.111. The normalized spacial score (nSPS) is 10.9. The molecular formula is C18H16. The van der Waals surface area contributed by atoms with Crippen LogP contribution in [-0.4, -0.2) is 0 Å². The monoisotopic (exact) mass is 232 g/mol. The Morgan fingerprint density at radius 1 is 0.889 bits per heavy atom. The lowest BCUT2D eigenvalue weighted by atomic mass is 9.93. The zero-order chi connectivity index (χ0) is 12.5. The van der Waals surface area contributed by atoms with Gasteiger partial charge in [0.1, 0.15) is 0 Å². The van der Waals surface area contributed by atoms with Gasteiger partial charge in [-0.15, -0.1) is 0 Å². The molecule has 3 rings (SSSR count). The number of rotatable bonds is 2. The van der Waals surface area contributed by atoms with E-state index in [1.807, 2.05) is 0 Å². The first-order valence-corrected chi connectivity index (χ1v) is 6.29. The third kappa shape index (κ3) is 1.80. The summed E-state index contributed by atoms with van der Waals surface area (Å²) in [7, 11) is 0. The van der Waals surface area contributed by atoms with E-state index in [1.54, 1.807) is 0 Å². The van der Waals surface area contributed by atoms with Gasteiger partial charge in [-0.2, -0.15) is 0 Å². The van der Waals surface area contributed by atoms with E-state index < -0.39 is 0 Å². The second kappa shape index (κ2) is 4.30. The first-order chi connectivity index (χ1) is 8.75. The molecule has 0 heteroatoms. The fourth-order valence-corrected chi connectivity index (χ4v) is 2.60. The van der Waals surface area contributed by atoms with Crippen molar-refractivity contribution < 1.29 is 0 Å². The highest BCUT2D eigenvalue weighted by Gasteiger charge is 2.06. The second-order valence-electron chi connectivity index (χ2n) is 4.93. The van der Waals surface area contributed by atoms with Gasteiger partial charge in [0.05, 0.1) is 0 Å². The summed E-state index contributed by atoms with van der Waals surface area (Å²) in [6.07, 6.45) is 0.946. The Morgan fingerprint density at radius 2 is 1.39 bits per heavy atom. The molecule has 0 aliphatic heterocycles. The van der Waals surface area contributed by atoms with Crippen LogP contribution in [0.25, 0.3) is 21.5 Å². The Balaban J connectivity index is 2.45. The van der Waals surface area contributed by atoms with Crippen LogP contribution >= 0.6 is 0 Å².